The number of nitrogens with one attached hydrogen (secondary N) is 1. The van der Waals surface area contributed by atoms with Crippen molar-refractivity contribution >= 4 is 40.2 Å². The van der Waals surface area contributed by atoms with Crippen LogP contribution in [-0.4, -0.2) is 40.8 Å². The van der Waals surface area contributed by atoms with Crippen molar-refractivity contribution in [1.29, 1.82) is 0 Å². The standard InChI is InChI=1S/C30H29N3O3S/c1-3-36-29(35)25-26(21-8-5-4-6-9-21)32-30-33(18-7-19-37-30)27(25)22-14-16-24(17-15-22)31-28(34)23-12-10-20(2)11-13-23/h4-6,8-17,27H,3,7,18-19H2,1-2H3,(H,31,34). The number of amidine groups is 1. The number of amides is 1. The van der Waals surface area contributed by atoms with Crippen LogP contribution in [0, 0.1) is 6.92 Å². The lowest BCUT2D eigenvalue weighted by Crippen LogP contribution is -2.42. The first-order valence-corrected chi connectivity index (χ1v) is 13.5. The third-order valence-corrected chi connectivity index (χ3v) is 7.49. The lowest BCUT2D eigenvalue weighted by molar-refractivity contribution is -0.139. The molecule has 1 N–H and O–H groups in total. The molecule has 3 aromatic rings. The predicted molar refractivity (Wildman–Crippen MR) is 150 cm³/mol. The molecule has 1 unspecified atom stereocenters. The van der Waals surface area contributed by atoms with Crippen LogP contribution >= 0.6 is 11.8 Å². The van der Waals surface area contributed by atoms with Gasteiger partial charge in [0.15, 0.2) is 5.17 Å². The first-order chi connectivity index (χ1) is 18.0. The molecule has 0 bridgehead atoms. The number of esters is 1. The minimum Gasteiger partial charge on any atom is -0.463 e. The number of ether oxygens (including phenoxy) is 1. The average Bonchev–Trinajstić information content (AvgIpc) is 2.93. The molecule has 188 valence electrons. The largest absolute Gasteiger partial charge is 0.463 e. The summed E-state index contributed by atoms with van der Waals surface area (Å²) in [5.41, 5.74) is 5.42. The number of hydrogen-bond acceptors (Lipinski definition) is 6. The second-order valence-electron chi connectivity index (χ2n) is 8.98. The van der Waals surface area contributed by atoms with E-state index in [0.717, 1.165) is 40.6 Å². The van der Waals surface area contributed by atoms with Gasteiger partial charge in [-0.15, -0.1) is 0 Å². The molecule has 6 nitrogen and oxygen atoms in total. The molecule has 2 aliphatic rings. The van der Waals surface area contributed by atoms with Gasteiger partial charge in [0.1, 0.15) is 0 Å². The van der Waals surface area contributed by atoms with Gasteiger partial charge in [-0.3, -0.25) is 4.79 Å². The van der Waals surface area contributed by atoms with Gasteiger partial charge >= 0.3 is 5.97 Å². The van der Waals surface area contributed by atoms with Gasteiger partial charge in [0, 0.05) is 29.1 Å². The van der Waals surface area contributed by atoms with Crippen molar-refractivity contribution in [2.24, 2.45) is 4.99 Å². The van der Waals surface area contributed by atoms with Crippen molar-refractivity contribution in [3.8, 4) is 0 Å². The van der Waals surface area contributed by atoms with Gasteiger partial charge in [-0.25, -0.2) is 9.79 Å². The highest BCUT2D eigenvalue weighted by molar-refractivity contribution is 8.13. The topological polar surface area (TPSA) is 71.0 Å². The van der Waals surface area contributed by atoms with E-state index in [9.17, 15) is 9.59 Å². The number of thioether (sulfide) groups is 1. The molecule has 0 radical (unpaired) electrons. The lowest BCUT2D eigenvalue weighted by Gasteiger charge is -2.41. The van der Waals surface area contributed by atoms with Crippen LogP contribution in [0.2, 0.25) is 0 Å². The van der Waals surface area contributed by atoms with E-state index in [0.29, 0.717) is 22.5 Å². The van der Waals surface area contributed by atoms with Gasteiger partial charge in [-0.1, -0.05) is 71.9 Å². The Labute approximate surface area is 221 Å². The Hall–Kier alpha value is -3.84. The molecular formula is C30H29N3O3S. The van der Waals surface area contributed by atoms with E-state index < -0.39 is 0 Å². The smallest absolute Gasteiger partial charge is 0.338 e. The Morgan fingerprint density at radius 1 is 1.03 bits per heavy atom. The summed E-state index contributed by atoms with van der Waals surface area (Å²) in [5, 5.41) is 3.89. The highest BCUT2D eigenvalue weighted by Crippen LogP contribution is 2.43. The van der Waals surface area contributed by atoms with Crippen LogP contribution in [0.1, 0.15) is 46.4 Å². The zero-order valence-corrected chi connectivity index (χ0v) is 21.8. The summed E-state index contributed by atoms with van der Waals surface area (Å²) in [6, 6.07) is 24.7. The Morgan fingerprint density at radius 2 is 1.76 bits per heavy atom. The molecule has 2 heterocycles. The molecule has 37 heavy (non-hydrogen) atoms. The van der Waals surface area contributed by atoms with E-state index in [4.69, 9.17) is 9.73 Å². The van der Waals surface area contributed by atoms with Gasteiger partial charge in [0.2, 0.25) is 0 Å². The highest BCUT2D eigenvalue weighted by Gasteiger charge is 2.39. The van der Waals surface area contributed by atoms with Crippen molar-refractivity contribution < 1.29 is 14.3 Å². The van der Waals surface area contributed by atoms with E-state index in [2.05, 4.69) is 10.2 Å². The van der Waals surface area contributed by atoms with Crippen LogP contribution in [-0.2, 0) is 9.53 Å². The van der Waals surface area contributed by atoms with Crippen molar-refractivity contribution in [3.63, 3.8) is 0 Å². The number of nitrogens with zero attached hydrogens (tertiary/aromatic N) is 2. The summed E-state index contributed by atoms with van der Waals surface area (Å²) in [4.78, 5) is 33.3. The van der Waals surface area contributed by atoms with Gasteiger partial charge in [0.25, 0.3) is 5.91 Å². The number of aliphatic imine (C=N–C) groups is 1. The van der Waals surface area contributed by atoms with E-state index in [1.165, 1.54) is 0 Å². The molecule has 2 aliphatic heterocycles. The van der Waals surface area contributed by atoms with Crippen molar-refractivity contribution in [2.45, 2.75) is 26.3 Å². The van der Waals surface area contributed by atoms with Crippen LogP contribution < -0.4 is 5.32 Å². The molecule has 0 saturated carbocycles. The first kappa shape index (κ1) is 24.8. The van der Waals surface area contributed by atoms with Crippen molar-refractivity contribution in [1.82, 2.24) is 4.90 Å². The summed E-state index contributed by atoms with van der Waals surface area (Å²) in [7, 11) is 0. The number of carbonyl (C=O) groups is 2. The van der Waals surface area contributed by atoms with E-state index >= 15 is 0 Å². The van der Waals surface area contributed by atoms with Crippen LogP contribution in [0.5, 0.6) is 0 Å². The van der Waals surface area contributed by atoms with Crippen LogP contribution in [0.25, 0.3) is 5.70 Å². The minimum atomic E-state index is -0.360. The number of aryl methyl sites for hydroxylation is 1. The highest BCUT2D eigenvalue weighted by atomic mass is 32.2. The summed E-state index contributed by atoms with van der Waals surface area (Å²) >= 11 is 1.71. The molecular weight excluding hydrogens is 482 g/mol. The molecule has 5 rings (SSSR count). The lowest BCUT2D eigenvalue weighted by atomic mass is 9.91. The Bertz CT molecular complexity index is 1350. The maximum absolute atomic E-state index is 13.4. The van der Waals surface area contributed by atoms with E-state index in [-0.39, 0.29) is 24.5 Å². The fourth-order valence-corrected chi connectivity index (χ4v) is 5.57. The zero-order valence-electron chi connectivity index (χ0n) is 20.9. The molecule has 0 aliphatic carbocycles. The van der Waals surface area contributed by atoms with E-state index in [1.54, 1.807) is 11.8 Å². The molecule has 7 heteroatoms. The number of benzene rings is 3. The number of rotatable bonds is 6. The zero-order chi connectivity index (χ0) is 25.8. The molecule has 1 fully saturated rings. The fraction of sp³-hybridized carbons (Fsp3) is 0.233. The Morgan fingerprint density at radius 3 is 2.46 bits per heavy atom. The monoisotopic (exact) mass is 511 g/mol. The van der Waals surface area contributed by atoms with Crippen molar-refractivity contribution in [3.05, 3.63) is 107 Å². The van der Waals surface area contributed by atoms with Crippen LogP contribution in [0.3, 0.4) is 0 Å². The van der Waals surface area contributed by atoms with Gasteiger partial charge in [-0.05, 0) is 50.1 Å². The molecule has 0 aromatic heterocycles. The summed E-state index contributed by atoms with van der Waals surface area (Å²) in [6.45, 7) is 4.89. The summed E-state index contributed by atoms with van der Waals surface area (Å²) < 4.78 is 5.54. The minimum absolute atomic E-state index is 0.161. The summed E-state index contributed by atoms with van der Waals surface area (Å²) in [6.07, 6.45) is 1.00. The molecule has 0 spiro atoms. The SMILES string of the molecule is CCOC(=O)C1=C(c2ccccc2)N=C2SCCCN2C1c1ccc(NC(=O)c2ccc(C)cc2)cc1. The fourth-order valence-electron chi connectivity index (χ4n) is 4.59. The molecule has 1 amide bonds. The normalized spacial score (nSPS) is 17.1. The molecule has 1 atom stereocenters. The second-order valence-corrected chi connectivity index (χ2v) is 10.0. The third-order valence-electron chi connectivity index (χ3n) is 6.41. The van der Waals surface area contributed by atoms with E-state index in [1.807, 2.05) is 92.7 Å². The Balaban J connectivity index is 1.52. The average molecular weight is 512 g/mol. The number of anilines is 1. The van der Waals surface area contributed by atoms with Crippen molar-refractivity contribution in [2.75, 3.05) is 24.2 Å². The van der Waals surface area contributed by atoms with Gasteiger partial charge < -0.3 is 15.0 Å². The predicted octanol–water partition coefficient (Wildman–Crippen LogP) is 6.07. The maximum Gasteiger partial charge on any atom is 0.338 e. The van der Waals surface area contributed by atoms with Gasteiger partial charge in [0.05, 0.1) is 23.9 Å². The second kappa shape index (κ2) is 11.0. The number of fused-ring (bicyclic) bond motifs is 1. The maximum atomic E-state index is 13.4. The molecule has 1 saturated heterocycles. The van der Waals surface area contributed by atoms with Crippen LogP contribution in [0.4, 0.5) is 5.69 Å². The Kier molecular flexibility index (Phi) is 7.42. The van der Waals surface area contributed by atoms with Crippen LogP contribution in [0.15, 0.2) is 89.4 Å². The summed E-state index contributed by atoms with van der Waals surface area (Å²) in [5.74, 6) is 0.468. The number of hydrogen-bond donors (Lipinski definition) is 1. The first-order valence-electron chi connectivity index (χ1n) is 12.5. The van der Waals surface area contributed by atoms with Gasteiger partial charge in [-0.2, -0.15) is 0 Å². The third kappa shape index (κ3) is 5.32. The quantitative estimate of drug-likeness (QED) is 0.407. The molecule has 3 aromatic carbocycles. The number of carbonyl (C=O) groups excluding carboxylic acids is 2.